The Morgan fingerprint density at radius 3 is 2.38 bits per heavy atom. The van der Waals surface area contributed by atoms with Crippen molar-refractivity contribution in [2.24, 2.45) is 13.0 Å². The number of anilines is 3. The summed E-state index contributed by atoms with van der Waals surface area (Å²) in [6, 6.07) is 16.0. The molecule has 52 heavy (non-hydrogen) atoms. The van der Waals surface area contributed by atoms with E-state index >= 15 is 0 Å². The molecule has 0 bridgehead atoms. The monoisotopic (exact) mass is 719 g/mol. The van der Waals surface area contributed by atoms with Crippen LogP contribution < -0.4 is 26.2 Å². The van der Waals surface area contributed by atoms with Gasteiger partial charge in [0.15, 0.2) is 0 Å². The lowest BCUT2D eigenvalue weighted by atomic mass is 9.90. The number of aromatic nitrogens is 5. The van der Waals surface area contributed by atoms with Crippen LogP contribution in [0.5, 0.6) is 0 Å². The van der Waals surface area contributed by atoms with Gasteiger partial charge >= 0.3 is 18.2 Å². The molecule has 14 nitrogen and oxygen atoms in total. The number of carbonyl (C=O) groups excluding carboxylic acids is 1. The molecule has 1 unspecified atom stereocenters. The molecule has 1 saturated carbocycles. The van der Waals surface area contributed by atoms with Crippen LogP contribution in [0.4, 0.5) is 35.5 Å². The predicted octanol–water partition coefficient (Wildman–Crippen LogP) is 4.94. The Kier molecular flexibility index (Phi) is 12.6. The first-order chi connectivity index (χ1) is 25.0. The number of rotatable bonds is 10. The maximum atomic E-state index is 13.7. The minimum absolute atomic E-state index is 0.0188. The maximum Gasteiger partial charge on any atom is 0.490 e. The Hall–Kier alpha value is -5.76. The van der Waals surface area contributed by atoms with E-state index in [1.165, 1.54) is 0 Å². The fourth-order valence-corrected chi connectivity index (χ4v) is 6.04. The smallest absolute Gasteiger partial charge is 0.475 e. The molecule has 2 fully saturated rings. The zero-order chi connectivity index (χ0) is 37.1. The first kappa shape index (κ1) is 37.5. The van der Waals surface area contributed by atoms with E-state index in [1.807, 2.05) is 60.6 Å². The van der Waals surface area contributed by atoms with Crippen LogP contribution in [0.15, 0.2) is 67.3 Å². The number of hydrogen-bond donors (Lipinski definition) is 5. The van der Waals surface area contributed by atoms with E-state index in [9.17, 15) is 23.2 Å². The molecule has 6 rings (SSSR count). The number of benzene rings is 1. The van der Waals surface area contributed by atoms with E-state index in [0.717, 1.165) is 68.4 Å². The first-order valence-electron chi connectivity index (χ1n) is 16.8. The molecular weight excluding hydrogens is 679 g/mol. The Bertz CT molecular complexity index is 1820. The summed E-state index contributed by atoms with van der Waals surface area (Å²) in [6.07, 6.45) is 6.40. The first-order valence-corrected chi connectivity index (χ1v) is 16.8. The number of aliphatic carboxylic acids is 1. The highest BCUT2D eigenvalue weighted by atomic mass is 19.4. The van der Waals surface area contributed by atoms with Crippen molar-refractivity contribution >= 4 is 29.6 Å². The van der Waals surface area contributed by atoms with Crippen molar-refractivity contribution in [2.75, 3.05) is 35.2 Å². The molecule has 4 heterocycles. The molecule has 3 aromatic heterocycles. The second-order valence-electron chi connectivity index (χ2n) is 12.6. The predicted molar refractivity (Wildman–Crippen MR) is 187 cm³/mol. The molecule has 2 aliphatic rings. The van der Waals surface area contributed by atoms with Crippen LogP contribution in [0, 0.1) is 17.2 Å². The number of halogens is 3. The Balaban J connectivity index is 0.000000679. The topological polar surface area (TPSA) is 186 Å². The Morgan fingerprint density at radius 2 is 1.79 bits per heavy atom. The molecule has 274 valence electrons. The van der Waals surface area contributed by atoms with Crippen LogP contribution in [0.1, 0.15) is 43.2 Å². The summed E-state index contributed by atoms with van der Waals surface area (Å²) in [7, 11) is 1.88. The third kappa shape index (κ3) is 10.4. The molecule has 1 aliphatic heterocycles. The van der Waals surface area contributed by atoms with Crippen molar-refractivity contribution in [3.8, 4) is 17.2 Å². The van der Waals surface area contributed by atoms with E-state index in [1.54, 1.807) is 23.3 Å². The summed E-state index contributed by atoms with van der Waals surface area (Å²) in [5.74, 6) is -0.542. The van der Waals surface area contributed by atoms with Crippen LogP contribution in [0.3, 0.4) is 0 Å². The van der Waals surface area contributed by atoms with E-state index in [4.69, 9.17) is 14.9 Å². The average Bonchev–Trinajstić information content (AvgIpc) is 3.83. The number of amides is 2. The minimum Gasteiger partial charge on any atom is -0.475 e. The van der Waals surface area contributed by atoms with E-state index in [0.29, 0.717) is 35.6 Å². The minimum atomic E-state index is -5.08. The summed E-state index contributed by atoms with van der Waals surface area (Å²) in [5, 5.41) is 34.3. The van der Waals surface area contributed by atoms with Crippen molar-refractivity contribution < 1.29 is 27.9 Å². The molecule has 4 aromatic rings. The molecule has 0 spiro atoms. The summed E-state index contributed by atoms with van der Waals surface area (Å²) in [5.41, 5.74) is 3.40. The standard InChI is InChI=1S/C33H39N11O.C2HF3O2/c1-43-22-27(21-40-43)25-7-12-30(36-19-25)44(33(45)39-17-23-5-3-2-4-6-23)29-10-8-28(9-11-29)41-32-38-20-26(15-34)31(42-32)37-18-24-13-14-35-16-24;3-2(4,5)1(6)7/h2-7,12,19-22,24,28-29,35H,8-11,13-14,16-18H2,1H3,(H,39,45)(H2,37,38,41,42);(H,6,7)/t24?,28-,29-;. The second-order valence-corrected chi connectivity index (χ2v) is 12.6. The molecule has 17 heteroatoms. The van der Waals surface area contributed by atoms with Crippen molar-refractivity contribution in [2.45, 2.75) is 56.9 Å². The van der Waals surface area contributed by atoms with Gasteiger partial charge in [0.25, 0.3) is 0 Å². The lowest BCUT2D eigenvalue weighted by Gasteiger charge is -2.36. The number of nitrogens with one attached hydrogen (secondary N) is 4. The number of pyridine rings is 1. The van der Waals surface area contributed by atoms with Gasteiger partial charge in [-0.1, -0.05) is 30.3 Å². The van der Waals surface area contributed by atoms with Crippen molar-refractivity contribution in [3.05, 3.63) is 78.4 Å². The van der Waals surface area contributed by atoms with Gasteiger partial charge in [-0.15, -0.1) is 0 Å². The van der Waals surface area contributed by atoms with Gasteiger partial charge in [0, 0.05) is 55.7 Å². The van der Waals surface area contributed by atoms with Crippen LogP contribution >= 0.6 is 0 Å². The Morgan fingerprint density at radius 1 is 1.04 bits per heavy atom. The molecule has 0 radical (unpaired) electrons. The van der Waals surface area contributed by atoms with Gasteiger partial charge in [-0.25, -0.2) is 19.6 Å². The normalized spacial score (nSPS) is 18.3. The molecule has 2 amide bonds. The van der Waals surface area contributed by atoms with Gasteiger partial charge in [0.05, 0.1) is 12.4 Å². The summed E-state index contributed by atoms with van der Waals surface area (Å²) in [6.45, 7) is 3.20. The lowest BCUT2D eigenvalue weighted by Crippen LogP contribution is -2.49. The van der Waals surface area contributed by atoms with Gasteiger partial charge in [-0.05, 0) is 68.8 Å². The van der Waals surface area contributed by atoms with Crippen LogP contribution in [-0.2, 0) is 18.4 Å². The number of urea groups is 1. The number of nitriles is 1. The molecular formula is C35H40F3N11O3. The molecule has 1 saturated heterocycles. The van der Waals surface area contributed by atoms with Crippen molar-refractivity contribution in [1.29, 1.82) is 5.26 Å². The van der Waals surface area contributed by atoms with Gasteiger partial charge in [-0.2, -0.15) is 28.5 Å². The van der Waals surface area contributed by atoms with Gasteiger partial charge in [0.2, 0.25) is 5.95 Å². The fraction of sp³-hybridized carbons (Fsp3) is 0.400. The van der Waals surface area contributed by atoms with Crippen LogP contribution in [0.2, 0.25) is 0 Å². The van der Waals surface area contributed by atoms with Crippen molar-refractivity contribution in [1.82, 2.24) is 35.4 Å². The number of carboxylic acid groups (broad SMARTS) is 1. The third-order valence-corrected chi connectivity index (χ3v) is 8.81. The zero-order valence-corrected chi connectivity index (χ0v) is 28.5. The molecule has 5 N–H and O–H groups in total. The lowest BCUT2D eigenvalue weighted by molar-refractivity contribution is -0.192. The molecule has 1 atom stereocenters. The fourth-order valence-electron chi connectivity index (χ4n) is 6.04. The molecule has 1 aromatic carbocycles. The SMILES string of the molecule is Cn1cc(-c2ccc(N(C(=O)NCc3ccccc3)[C@H]3CC[C@H](Nc4ncc(C#N)c(NCC5CCNC5)n4)CC3)nc2)cn1.O=C(O)C(F)(F)F. The second kappa shape index (κ2) is 17.4. The van der Waals surface area contributed by atoms with E-state index in [2.05, 4.69) is 42.4 Å². The average molecular weight is 720 g/mol. The highest BCUT2D eigenvalue weighted by Gasteiger charge is 2.38. The number of alkyl halides is 3. The summed E-state index contributed by atoms with van der Waals surface area (Å²) >= 11 is 0. The number of aryl methyl sites for hydroxylation is 1. The molecule has 1 aliphatic carbocycles. The number of carbonyl (C=O) groups is 2. The van der Waals surface area contributed by atoms with Crippen LogP contribution in [0.25, 0.3) is 11.1 Å². The largest absolute Gasteiger partial charge is 0.490 e. The summed E-state index contributed by atoms with van der Waals surface area (Å²) < 4.78 is 33.5. The highest BCUT2D eigenvalue weighted by Crippen LogP contribution is 2.30. The maximum absolute atomic E-state index is 13.7. The number of carboxylic acids is 1. The van der Waals surface area contributed by atoms with Gasteiger partial charge < -0.3 is 26.4 Å². The Labute approximate surface area is 298 Å². The van der Waals surface area contributed by atoms with E-state index in [-0.39, 0.29) is 18.1 Å². The number of nitrogens with zero attached hydrogens (tertiary/aromatic N) is 7. The van der Waals surface area contributed by atoms with Crippen molar-refractivity contribution in [3.63, 3.8) is 0 Å². The third-order valence-electron chi connectivity index (χ3n) is 8.81. The summed E-state index contributed by atoms with van der Waals surface area (Å²) in [4.78, 5) is 38.2. The number of hydrogen-bond acceptors (Lipinski definition) is 10. The van der Waals surface area contributed by atoms with Crippen LogP contribution in [-0.4, -0.2) is 79.7 Å². The van der Waals surface area contributed by atoms with E-state index < -0.39 is 12.1 Å². The zero-order valence-electron chi connectivity index (χ0n) is 28.5. The quantitative estimate of drug-likeness (QED) is 0.150. The van der Waals surface area contributed by atoms with Gasteiger partial charge in [0.1, 0.15) is 23.3 Å². The van der Waals surface area contributed by atoms with Gasteiger partial charge in [-0.3, -0.25) is 9.58 Å². The highest BCUT2D eigenvalue weighted by molar-refractivity contribution is 5.91.